The number of hydrogen-bond donors (Lipinski definition) is 1. The quantitative estimate of drug-likeness (QED) is 0.651. The lowest BCUT2D eigenvalue weighted by Crippen LogP contribution is -2.25. The van der Waals surface area contributed by atoms with Crippen molar-refractivity contribution in [3.8, 4) is 11.4 Å². The van der Waals surface area contributed by atoms with Crippen molar-refractivity contribution in [2.24, 2.45) is 0 Å². The van der Waals surface area contributed by atoms with Gasteiger partial charge in [0.2, 0.25) is 5.62 Å². The smallest absolute Gasteiger partial charge is 0.211 e. The highest BCUT2D eigenvalue weighted by molar-refractivity contribution is 5.51. The van der Waals surface area contributed by atoms with Crippen molar-refractivity contribution in [3.63, 3.8) is 0 Å². The van der Waals surface area contributed by atoms with Crippen LogP contribution in [0.25, 0.3) is 11.4 Å². The molecule has 3 heteroatoms. The zero-order chi connectivity index (χ0) is 18.7. The van der Waals surface area contributed by atoms with Gasteiger partial charge in [-0.3, -0.25) is 14.5 Å². The largest absolute Gasteiger partial charge is 0.286 e. The number of nitrogens with one attached hydrogen (secondary N) is 1. The van der Waals surface area contributed by atoms with Crippen LogP contribution >= 0.6 is 0 Å². The third-order valence-corrected chi connectivity index (χ3v) is 5.23. The summed E-state index contributed by atoms with van der Waals surface area (Å²) in [4.78, 5) is 0. The molecule has 0 aliphatic carbocycles. The van der Waals surface area contributed by atoms with Crippen LogP contribution in [0.2, 0.25) is 0 Å². The normalized spacial score (nSPS) is 11.1. The Kier molecular flexibility index (Phi) is 5.46. The van der Waals surface area contributed by atoms with Gasteiger partial charge in [-0.1, -0.05) is 64.1 Å². The van der Waals surface area contributed by atoms with E-state index in [2.05, 4.69) is 64.1 Å². The molecule has 0 spiro atoms. The van der Waals surface area contributed by atoms with E-state index in [-0.39, 0.29) is 0 Å². The predicted octanol–water partition coefficient (Wildman–Crippen LogP) is 5.00. The van der Waals surface area contributed by atoms with Crippen LogP contribution in [0.15, 0.2) is 48.8 Å². The Balaban J connectivity index is 2.26. The van der Waals surface area contributed by atoms with Gasteiger partial charge < -0.3 is 0 Å². The van der Waals surface area contributed by atoms with Gasteiger partial charge in [0.05, 0.1) is 11.4 Å². The average molecular weight is 348 g/mol. The molecule has 3 rings (SSSR count). The van der Waals surface area contributed by atoms with E-state index in [1.54, 1.807) is 0 Å². The van der Waals surface area contributed by atoms with E-state index < -0.39 is 0 Å². The first-order chi connectivity index (χ1) is 12.7. The third-order valence-electron chi connectivity index (χ3n) is 5.23. The van der Waals surface area contributed by atoms with E-state index in [0.717, 1.165) is 25.7 Å². The van der Waals surface area contributed by atoms with Crippen LogP contribution in [0.4, 0.5) is 0 Å². The summed E-state index contributed by atoms with van der Waals surface area (Å²) in [5.74, 6) is 0. The van der Waals surface area contributed by atoms with Crippen LogP contribution in [-0.2, 0) is 25.7 Å². The minimum absolute atomic E-state index is 0.510. The van der Waals surface area contributed by atoms with Gasteiger partial charge in [0.25, 0.3) is 0 Å². The molecule has 2 aromatic carbocycles. The highest BCUT2D eigenvalue weighted by Crippen LogP contribution is 2.23. The SMILES string of the molecule is CCc1cccc(CC)c1-n1ccn(-c2c(CC)cccc2CC)c1=N. The van der Waals surface area contributed by atoms with Gasteiger partial charge in [-0.2, -0.15) is 0 Å². The molecule has 0 saturated carbocycles. The molecule has 0 radical (unpaired) electrons. The van der Waals surface area contributed by atoms with Crippen LogP contribution in [-0.4, -0.2) is 9.13 Å². The first-order valence-electron chi connectivity index (χ1n) is 9.72. The van der Waals surface area contributed by atoms with Crippen LogP contribution in [0.3, 0.4) is 0 Å². The summed E-state index contributed by atoms with van der Waals surface area (Å²) in [6.07, 6.45) is 7.95. The van der Waals surface area contributed by atoms with E-state index in [1.165, 1.54) is 33.6 Å². The number of para-hydroxylation sites is 2. The number of imidazole rings is 1. The van der Waals surface area contributed by atoms with Crippen LogP contribution < -0.4 is 5.62 Å². The van der Waals surface area contributed by atoms with Crippen molar-refractivity contribution in [1.29, 1.82) is 5.41 Å². The van der Waals surface area contributed by atoms with Crippen LogP contribution in [0.1, 0.15) is 49.9 Å². The maximum atomic E-state index is 8.91. The second-order valence-corrected chi connectivity index (χ2v) is 6.63. The molecule has 0 aliphatic rings. The molecule has 3 nitrogen and oxygen atoms in total. The van der Waals surface area contributed by atoms with E-state index in [0.29, 0.717) is 5.62 Å². The van der Waals surface area contributed by atoms with Gasteiger partial charge in [-0.15, -0.1) is 0 Å². The maximum Gasteiger partial charge on any atom is 0.211 e. The van der Waals surface area contributed by atoms with E-state index in [1.807, 2.05) is 21.5 Å². The van der Waals surface area contributed by atoms with Gasteiger partial charge in [0.15, 0.2) is 0 Å². The van der Waals surface area contributed by atoms with Crippen LogP contribution in [0.5, 0.6) is 0 Å². The van der Waals surface area contributed by atoms with Gasteiger partial charge in [0, 0.05) is 12.4 Å². The molecule has 0 bridgehead atoms. The first-order valence-corrected chi connectivity index (χ1v) is 9.72. The van der Waals surface area contributed by atoms with E-state index in [4.69, 9.17) is 5.41 Å². The van der Waals surface area contributed by atoms with Gasteiger partial charge in [-0.25, -0.2) is 0 Å². The molecule has 0 fully saturated rings. The Hall–Kier alpha value is -2.55. The molecule has 0 atom stereocenters. The molecule has 0 saturated heterocycles. The molecule has 0 aliphatic heterocycles. The fraction of sp³-hybridized carbons (Fsp3) is 0.348. The van der Waals surface area contributed by atoms with Gasteiger partial charge >= 0.3 is 0 Å². The van der Waals surface area contributed by atoms with Crippen molar-refractivity contribution in [2.45, 2.75) is 53.4 Å². The lowest BCUT2D eigenvalue weighted by molar-refractivity contribution is 0.807. The Morgan fingerprint density at radius 2 is 0.923 bits per heavy atom. The van der Waals surface area contributed by atoms with Gasteiger partial charge in [0.1, 0.15) is 0 Å². The number of hydrogen-bond acceptors (Lipinski definition) is 1. The number of aromatic nitrogens is 2. The Morgan fingerprint density at radius 3 is 1.19 bits per heavy atom. The molecular weight excluding hydrogens is 318 g/mol. The van der Waals surface area contributed by atoms with E-state index >= 15 is 0 Å². The predicted molar refractivity (Wildman–Crippen MR) is 108 cm³/mol. The zero-order valence-corrected chi connectivity index (χ0v) is 16.3. The summed E-state index contributed by atoms with van der Waals surface area (Å²) in [5, 5.41) is 8.91. The lowest BCUT2D eigenvalue weighted by atomic mass is 10.0. The molecular formula is C23H29N3. The standard InChI is InChI=1S/C23H29N3/c1-5-17-11-9-12-18(6-2)21(17)25-15-16-26(23(25)24)22-19(7-3)13-10-14-20(22)8-4/h9-16,24H,5-8H2,1-4H3. The second kappa shape index (κ2) is 7.77. The molecule has 136 valence electrons. The average Bonchev–Trinajstić information content (AvgIpc) is 3.06. The Labute approximate surface area is 156 Å². The number of benzene rings is 2. The summed E-state index contributed by atoms with van der Waals surface area (Å²) in [7, 11) is 0. The van der Waals surface area contributed by atoms with Gasteiger partial charge in [-0.05, 0) is 47.9 Å². The topological polar surface area (TPSA) is 33.7 Å². The van der Waals surface area contributed by atoms with Crippen molar-refractivity contribution >= 4 is 0 Å². The molecule has 0 amide bonds. The fourth-order valence-electron chi connectivity index (χ4n) is 3.80. The van der Waals surface area contributed by atoms with Crippen LogP contribution in [0, 0.1) is 5.41 Å². The number of aryl methyl sites for hydroxylation is 4. The summed E-state index contributed by atoms with van der Waals surface area (Å²) in [6, 6.07) is 13.0. The fourth-order valence-corrected chi connectivity index (χ4v) is 3.80. The molecule has 3 aromatic rings. The van der Waals surface area contributed by atoms with Crippen molar-refractivity contribution < 1.29 is 0 Å². The van der Waals surface area contributed by atoms with E-state index in [9.17, 15) is 0 Å². The molecule has 1 N–H and O–H groups in total. The summed E-state index contributed by atoms with van der Waals surface area (Å²) in [6.45, 7) is 8.73. The highest BCUT2D eigenvalue weighted by Gasteiger charge is 2.14. The second-order valence-electron chi connectivity index (χ2n) is 6.63. The Bertz CT molecular complexity index is 839. The Morgan fingerprint density at radius 1 is 0.615 bits per heavy atom. The molecule has 1 heterocycles. The first kappa shape index (κ1) is 18.2. The third kappa shape index (κ3) is 3.03. The molecule has 1 aromatic heterocycles. The zero-order valence-electron chi connectivity index (χ0n) is 16.3. The van der Waals surface area contributed by atoms with Crippen molar-refractivity contribution in [1.82, 2.24) is 9.13 Å². The minimum Gasteiger partial charge on any atom is -0.286 e. The highest BCUT2D eigenvalue weighted by atomic mass is 15.2. The maximum absolute atomic E-state index is 8.91. The summed E-state index contributed by atoms with van der Waals surface area (Å²) < 4.78 is 4.09. The summed E-state index contributed by atoms with van der Waals surface area (Å²) >= 11 is 0. The number of nitrogens with zero attached hydrogens (tertiary/aromatic N) is 2. The molecule has 26 heavy (non-hydrogen) atoms. The summed E-state index contributed by atoms with van der Waals surface area (Å²) in [5.41, 5.74) is 8.03. The monoisotopic (exact) mass is 347 g/mol. The molecule has 0 unspecified atom stereocenters. The minimum atomic E-state index is 0.510. The lowest BCUT2D eigenvalue weighted by Gasteiger charge is -2.16. The van der Waals surface area contributed by atoms with Crippen molar-refractivity contribution in [2.75, 3.05) is 0 Å². The number of rotatable bonds is 6. The van der Waals surface area contributed by atoms with Crippen molar-refractivity contribution in [3.05, 3.63) is 76.7 Å².